The second-order valence-corrected chi connectivity index (χ2v) is 5.48. The maximum atomic E-state index is 11.3. The van der Waals surface area contributed by atoms with Crippen molar-refractivity contribution in [1.82, 2.24) is 0 Å². The van der Waals surface area contributed by atoms with E-state index in [9.17, 15) is 4.79 Å². The normalized spacial score (nSPS) is 15.3. The Kier molecular flexibility index (Phi) is 2.86. The van der Waals surface area contributed by atoms with Crippen LogP contribution < -0.4 is 11.1 Å². The molecule has 3 rings (SSSR count). The van der Waals surface area contributed by atoms with Gasteiger partial charge in [0.15, 0.2) is 0 Å². The lowest BCUT2D eigenvalue weighted by Crippen LogP contribution is -2.11. The Balaban J connectivity index is 2.03. The van der Waals surface area contributed by atoms with Crippen LogP contribution in [0, 0.1) is 0 Å². The fourth-order valence-corrected chi connectivity index (χ4v) is 3.11. The molecule has 0 spiro atoms. The summed E-state index contributed by atoms with van der Waals surface area (Å²) in [5, 5.41) is 7.37. The number of carbonyl (C=O) groups excluding carboxylic acids is 1. The molecule has 1 aliphatic heterocycles. The molecule has 3 N–H and O–H groups in total. The molecule has 0 saturated carbocycles. The molecule has 18 heavy (non-hydrogen) atoms. The molecule has 1 atom stereocenters. The van der Waals surface area contributed by atoms with E-state index in [1.807, 2.05) is 22.9 Å². The molecule has 3 nitrogen and oxygen atoms in total. The molecule has 0 bridgehead atoms. The van der Waals surface area contributed by atoms with Crippen molar-refractivity contribution >= 4 is 34.5 Å². The minimum absolute atomic E-state index is 0.00215. The van der Waals surface area contributed by atoms with E-state index in [0.717, 1.165) is 22.4 Å². The summed E-state index contributed by atoms with van der Waals surface area (Å²) >= 11 is 7.84. The highest BCUT2D eigenvalue weighted by Crippen LogP contribution is 2.34. The van der Waals surface area contributed by atoms with E-state index in [0.29, 0.717) is 11.4 Å². The minimum atomic E-state index is -0.246. The molecule has 0 fully saturated rings. The van der Waals surface area contributed by atoms with Crippen LogP contribution in [-0.4, -0.2) is 5.91 Å². The molecule has 5 heteroatoms. The van der Waals surface area contributed by atoms with Crippen molar-refractivity contribution in [2.45, 2.75) is 12.5 Å². The van der Waals surface area contributed by atoms with Gasteiger partial charge >= 0.3 is 0 Å². The van der Waals surface area contributed by atoms with Crippen molar-refractivity contribution in [2.75, 3.05) is 5.32 Å². The summed E-state index contributed by atoms with van der Waals surface area (Å²) in [6.07, 6.45) is 0.399. The number of thiophene rings is 1. The van der Waals surface area contributed by atoms with Gasteiger partial charge in [-0.3, -0.25) is 4.79 Å². The average Bonchev–Trinajstić information content (AvgIpc) is 2.94. The van der Waals surface area contributed by atoms with Gasteiger partial charge in [-0.2, -0.15) is 11.3 Å². The van der Waals surface area contributed by atoms with Gasteiger partial charge < -0.3 is 11.1 Å². The lowest BCUT2D eigenvalue weighted by atomic mass is 9.99. The number of rotatable bonds is 2. The first-order chi connectivity index (χ1) is 8.65. The second-order valence-electron chi connectivity index (χ2n) is 4.29. The van der Waals surface area contributed by atoms with Gasteiger partial charge in [-0.05, 0) is 45.6 Å². The maximum absolute atomic E-state index is 11.3. The molecule has 1 aliphatic rings. The van der Waals surface area contributed by atoms with E-state index < -0.39 is 0 Å². The number of benzene rings is 1. The van der Waals surface area contributed by atoms with Gasteiger partial charge in [0.1, 0.15) is 0 Å². The van der Waals surface area contributed by atoms with Gasteiger partial charge in [0, 0.05) is 10.7 Å². The van der Waals surface area contributed by atoms with Crippen LogP contribution in [0.1, 0.15) is 22.7 Å². The van der Waals surface area contributed by atoms with Crippen molar-refractivity contribution in [2.24, 2.45) is 5.73 Å². The van der Waals surface area contributed by atoms with Crippen LogP contribution in [0.15, 0.2) is 29.0 Å². The molecular weight excluding hydrogens is 268 g/mol. The number of hydrogen-bond acceptors (Lipinski definition) is 3. The van der Waals surface area contributed by atoms with Gasteiger partial charge in [0.25, 0.3) is 0 Å². The molecule has 1 aromatic heterocycles. The standard InChI is InChI=1S/C13H11ClN2OS/c14-10-5-11-8(4-12(17)16-11)3-9(10)13(15)7-1-2-18-6-7/h1-3,5-6,13H,4,15H2,(H,16,17). The van der Waals surface area contributed by atoms with Crippen molar-refractivity contribution in [1.29, 1.82) is 0 Å². The van der Waals surface area contributed by atoms with Crippen LogP contribution in [0.4, 0.5) is 5.69 Å². The maximum Gasteiger partial charge on any atom is 0.228 e. The molecule has 0 saturated heterocycles. The molecule has 1 aromatic carbocycles. The lowest BCUT2D eigenvalue weighted by Gasteiger charge is -2.14. The minimum Gasteiger partial charge on any atom is -0.325 e. The first-order valence-electron chi connectivity index (χ1n) is 5.55. The number of amides is 1. The quantitative estimate of drug-likeness (QED) is 0.887. The zero-order chi connectivity index (χ0) is 12.7. The first kappa shape index (κ1) is 11.7. The van der Waals surface area contributed by atoms with Gasteiger partial charge in [-0.25, -0.2) is 0 Å². The van der Waals surface area contributed by atoms with Crippen LogP contribution in [0.5, 0.6) is 0 Å². The van der Waals surface area contributed by atoms with Gasteiger partial charge in [0.05, 0.1) is 12.5 Å². The number of nitrogens with one attached hydrogen (secondary N) is 1. The largest absolute Gasteiger partial charge is 0.325 e. The topological polar surface area (TPSA) is 55.1 Å². The Labute approximate surface area is 114 Å². The number of anilines is 1. The second kappa shape index (κ2) is 4.39. The SMILES string of the molecule is NC(c1ccsc1)c1cc2c(cc1Cl)NC(=O)C2. The van der Waals surface area contributed by atoms with Gasteiger partial charge in [0.2, 0.25) is 5.91 Å². The highest BCUT2D eigenvalue weighted by atomic mass is 35.5. The monoisotopic (exact) mass is 278 g/mol. The summed E-state index contributed by atoms with van der Waals surface area (Å²) in [6, 6.07) is 5.45. The summed E-state index contributed by atoms with van der Waals surface area (Å²) in [5.74, 6) is 0.00215. The zero-order valence-electron chi connectivity index (χ0n) is 9.44. The zero-order valence-corrected chi connectivity index (χ0v) is 11.0. The Bertz CT molecular complexity index is 610. The van der Waals surface area contributed by atoms with Gasteiger partial charge in [-0.15, -0.1) is 0 Å². The molecule has 2 aromatic rings. The summed E-state index contributed by atoms with van der Waals surface area (Å²) < 4.78 is 0. The first-order valence-corrected chi connectivity index (χ1v) is 6.87. The van der Waals surface area contributed by atoms with E-state index >= 15 is 0 Å². The van der Waals surface area contributed by atoms with Crippen molar-refractivity contribution < 1.29 is 4.79 Å². The summed E-state index contributed by atoms with van der Waals surface area (Å²) in [7, 11) is 0. The third-order valence-corrected chi connectivity index (χ3v) is 4.11. The van der Waals surface area contributed by atoms with Gasteiger partial charge in [-0.1, -0.05) is 11.6 Å². The van der Waals surface area contributed by atoms with Crippen LogP contribution >= 0.6 is 22.9 Å². The fraction of sp³-hybridized carbons (Fsp3) is 0.154. The molecule has 1 unspecified atom stereocenters. The molecular formula is C13H11ClN2OS. The predicted octanol–water partition coefficient (Wildman–Crippen LogP) is 2.94. The number of fused-ring (bicyclic) bond motifs is 1. The van der Waals surface area contributed by atoms with E-state index in [-0.39, 0.29) is 11.9 Å². The van der Waals surface area contributed by atoms with E-state index in [2.05, 4.69) is 5.32 Å². The molecule has 92 valence electrons. The smallest absolute Gasteiger partial charge is 0.228 e. The molecule has 0 aliphatic carbocycles. The van der Waals surface area contributed by atoms with E-state index in [1.165, 1.54) is 0 Å². The fourth-order valence-electron chi connectivity index (χ4n) is 2.14. The van der Waals surface area contributed by atoms with E-state index in [4.69, 9.17) is 17.3 Å². The summed E-state index contributed by atoms with van der Waals surface area (Å²) in [6.45, 7) is 0. The summed E-state index contributed by atoms with van der Waals surface area (Å²) in [5.41, 5.74) is 9.87. The van der Waals surface area contributed by atoms with Crippen LogP contribution in [0.2, 0.25) is 5.02 Å². The molecule has 1 amide bonds. The lowest BCUT2D eigenvalue weighted by molar-refractivity contribution is -0.115. The molecule has 2 heterocycles. The number of hydrogen-bond donors (Lipinski definition) is 2. The third-order valence-electron chi connectivity index (χ3n) is 3.08. The third kappa shape index (κ3) is 1.92. The highest BCUT2D eigenvalue weighted by Gasteiger charge is 2.22. The van der Waals surface area contributed by atoms with Crippen molar-refractivity contribution in [3.8, 4) is 0 Å². The number of halogens is 1. The number of carbonyl (C=O) groups is 1. The van der Waals surface area contributed by atoms with Crippen LogP contribution in [0.3, 0.4) is 0 Å². The van der Waals surface area contributed by atoms with Crippen LogP contribution in [-0.2, 0) is 11.2 Å². The predicted molar refractivity (Wildman–Crippen MR) is 74.1 cm³/mol. The Morgan fingerprint density at radius 3 is 3.00 bits per heavy atom. The number of nitrogens with two attached hydrogens (primary N) is 1. The molecule has 0 radical (unpaired) electrons. The Morgan fingerprint density at radius 1 is 1.44 bits per heavy atom. The Morgan fingerprint density at radius 2 is 2.28 bits per heavy atom. The van der Waals surface area contributed by atoms with E-state index in [1.54, 1.807) is 17.4 Å². The Hall–Kier alpha value is -1.36. The summed E-state index contributed by atoms with van der Waals surface area (Å²) in [4.78, 5) is 11.3. The van der Waals surface area contributed by atoms with Crippen LogP contribution in [0.25, 0.3) is 0 Å². The van der Waals surface area contributed by atoms with Crippen molar-refractivity contribution in [3.63, 3.8) is 0 Å². The van der Waals surface area contributed by atoms with Crippen molar-refractivity contribution in [3.05, 3.63) is 50.7 Å². The average molecular weight is 279 g/mol. The highest BCUT2D eigenvalue weighted by molar-refractivity contribution is 7.08.